The van der Waals surface area contributed by atoms with Gasteiger partial charge < -0.3 is 4.90 Å². The SMILES string of the molecule is C#CC1CCC(N2CCN(c3ccc4c(c3)CN(C3CCC(=O)NC3=O)C4)CC2)CC1. The zero-order chi connectivity index (χ0) is 21.4. The van der Waals surface area contributed by atoms with E-state index in [9.17, 15) is 9.59 Å². The summed E-state index contributed by atoms with van der Waals surface area (Å²) in [5, 5.41) is 2.49. The first-order valence-electron chi connectivity index (χ1n) is 11.8. The highest BCUT2D eigenvalue weighted by atomic mass is 16.2. The number of carbonyl (C=O) groups is 2. The predicted molar refractivity (Wildman–Crippen MR) is 120 cm³/mol. The maximum atomic E-state index is 12.3. The molecule has 0 spiro atoms. The highest BCUT2D eigenvalue weighted by Gasteiger charge is 2.35. The number of hydrogen-bond acceptors (Lipinski definition) is 5. The molecule has 3 heterocycles. The Morgan fingerprint density at radius 3 is 2.35 bits per heavy atom. The van der Waals surface area contributed by atoms with Crippen LogP contribution in [-0.4, -0.2) is 59.9 Å². The molecule has 6 heteroatoms. The second kappa shape index (κ2) is 8.64. The van der Waals surface area contributed by atoms with Gasteiger partial charge in [-0.25, -0.2) is 0 Å². The fourth-order valence-corrected chi connectivity index (χ4v) is 5.81. The molecule has 3 fully saturated rings. The molecule has 5 rings (SSSR count). The van der Waals surface area contributed by atoms with Crippen LogP contribution in [0.4, 0.5) is 5.69 Å². The minimum Gasteiger partial charge on any atom is -0.369 e. The van der Waals surface area contributed by atoms with Crippen LogP contribution in [0.15, 0.2) is 18.2 Å². The van der Waals surface area contributed by atoms with Crippen LogP contribution in [0, 0.1) is 18.3 Å². The van der Waals surface area contributed by atoms with E-state index in [0.717, 1.165) is 39.3 Å². The second-order valence-electron chi connectivity index (χ2n) is 9.52. The first-order valence-corrected chi connectivity index (χ1v) is 11.8. The molecule has 3 aliphatic heterocycles. The summed E-state index contributed by atoms with van der Waals surface area (Å²) >= 11 is 0. The Hall–Kier alpha value is -2.36. The summed E-state index contributed by atoms with van der Waals surface area (Å²) in [7, 11) is 0. The number of rotatable bonds is 3. The molecule has 1 unspecified atom stereocenters. The molecule has 1 N–H and O–H groups in total. The Kier molecular flexibility index (Phi) is 5.73. The van der Waals surface area contributed by atoms with Gasteiger partial charge in [-0.15, -0.1) is 12.3 Å². The lowest BCUT2D eigenvalue weighted by atomic mass is 9.85. The normalized spacial score (nSPS) is 30.0. The molecule has 1 aliphatic carbocycles. The number of benzene rings is 1. The Labute approximate surface area is 184 Å². The molecule has 6 nitrogen and oxygen atoms in total. The van der Waals surface area contributed by atoms with Gasteiger partial charge in [-0.3, -0.25) is 24.7 Å². The third-order valence-corrected chi connectivity index (χ3v) is 7.72. The van der Waals surface area contributed by atoms with E-state index in [0.29, 0.717) is 24.8 Å². The summed E-state index contributed by atoms with van der Waals surface area (Å²) in [5.41, 5.74) is 3.91. The molecule has 1 saturated carbocycles. The molecule has 0 aromatic heterocycles. The minimum atomic E-state index is -0.193. The van der Waals surface area contributed by atoms with Crippen molar-refractivity contribution in [3.8, 4) is 12.3 Å². The molecule has 2 amide bonds. The monoisotopic (exact) mass is 420 g/mol. The van der Waals surface area contributed by atoms with Crippen molar-refractivity contribution in [3.63, 3.8) is 0 Å². The van der Waals surface area contributed by atoms with Crippen LogP contribution in [0.2, 0.25) is 0 Å². The van der Waals surface area contributed by atoms with Gasteiger partial charge in [0.2, 0.25) is 11.8 Å². The van der Waals surface area contributed by atoms with Crippen molar-refractivity contribution in [2.75, 3.05) is 31.1 Å². The van der Waals surface area contributed by atoms with Gasteiger partial charge in [0.25, 0.3) is 0 Å². The second-order valence-corrected chi connectivity index (χ2v) is 9.52. The summed E-state index contributed by atoms with van der Waals surface area (Å²) < 4.78 is 0. The molecule has 1 atom stereocenters. The van der Waals surface area contributed by atoms with Crippen LogP contribution in [0.5, 0.6) is 0 Å². The van der Waals surface area contributed by atoms with Gasteiger partial charge in [0.15, 0.2) is 0 Å². The summed E-state index contributed by atoms with van der Waals surface area (Å²) in [5.74, 6) is 3.14. The zero-order valence-corrected chi connectivity index (χ0v) is 18.2. The molecular weight excluding hydrogens is 388 g/mol. The number of piperidine rings is 1. The van der Waals surface area contributed by atoms with Gasteiger partial charge in [0.05, 0.1) is 6.04 Å². The van der Waals surface area contributed by atoms with Crippen molar-refractivity contribution in [2.45, 2.75) is 63.7 Å². The number of anilines is 1. The highest BCUT2D eigenvalue weighted by Crippen LogP contribution is 2.32. The van der Waals surface area contributed by atoms with E-state index in [2.05, 4.69) is 44.1 Å². The smallest absolute Gasteiger partial charge is 0.243 e. The van der Waals surface area contributed by atoms with Gasteiger partial charge in [0.1, 0.15) is 0 Å². The third-order valence-electron chi connectivity index (χ3n) is 7.72. The molecule has 2 saturated heterocycles. The Morgan fingerprint density at radius 1 is 0.903 bits per heavy atom. The average molecular weight is 421 g/mol. The van der Waals surface area contributed by atoms with Crippen LogP contribution >= 0.6 is 0 Å². The minimum absolute atomic E-state index is 0.142. The number of terminal acetylenes is 1. The lowest BCUT2D eigenvalue weighted by molar-refractivity contribution is -0.137. The maximum absolute atomic E-state index is 12.3. The number of piperazine rings is 1. The summed E-state index contributed by atoms with van der Waals surface area (Å²) in [4.78, 5) is 31.1. The van der Waals surface area contributed by atoms with Gasteiger partial charge in [-0.1, -0.05) is 6.07 Å². The van der Waals surface area contributed by atoms with Crippen molar-refractivity contribution in [3.05, 3.63) is 29.3 Å². The molecule has 164 valence electrons. The van der Waals surface area contributed by atoms with Gasteiger partial charge in [-0.2, -0.15) is 0 Å². The zero-order valence-electron chi connectivity index (χ0n) is 18.2. The number of nitrogens with zero attached hydrogens (tertiary/aromatic N) is 3. The van der Waals surface area contributed by atoms with Crippen molar-refractivity contribution in [2.24, 2.45) is 5.92 Å². The van der Waals surface area contributed by atoms with Crippen LogP contribution in [0.3, 0.4) is 0 Å². The summed E-state index contributed by atoms with van der Waals surface area (Å²) in [6, 6.07) is 7.29. The van der Waals surface area contributed by atoms with Crippen molar-refractivity contribution >= 4 is 17.5 Å². The first kappa shape index (κ1) is 20.5. The topological polar surface area (TPSA) is 55.9 Å². The van der Waals surface area contributed by atoms with E-state index in [4.69, 9.17) is 6.42 Å². The lowest BCUT2D eigenvalue weighted by Gasteiger charge is -2.42. The summed E-state index contributed by atoms with van der Waals surface area (Å²) in [6.07, 6.45) is 11.5. The number of carbonyl (C=O) groups excluding carboxylic acids is 2. The van der Waals surface area contributed by atoms with Crippen LogP contribution < -0.4 is 10.2 Å². The lowest BCUT2D eigenvalue weighted by Crippen LogP contribution is -2.51. The molecule has 0 bridgehead atoms. The molecule has 31 heavy (non-hydrogen) atoms. The number of hydrogen-bond donors (Lipinski definition) is 1. The average Bonchev–Trinajstić information content (AvgIpc) is 3.22. The largest absolute Gasteiger partial charge is 0.369 e. The number of nitrogens with one attached hydrogen (secondary N) is 1. The van der Waals surface area contributed by atoms with Crippen molar-refractivity contribution in [1.82, 2.24) is 15.1 Å². The van der Waals surface area contributed by atoms with E-state index < -0.39 is 0 Å². The van der Waals surface area contributed by atoms with E-state index in [-0.39, 0.29) is 17.9 Å². The van der Waals surface area contributed by atoms with Gasteiger partial charge in [-0.05, 0) is 55.4 Å². The van der Waals surface area contributed by atoms with E-state index in [1.165, 1.54) is 42.5 Å². The maximum Gasteiger partial charge on any atom is 0.243 e. The molecule has 1 aromatic carbocycles. The van der Waals surface area contributed by atoms with Crippen LogP contribution in [0.25, 0.3) is 0 Å². The Balaban J connectivity index is 1.17. The van der Waals surface area contributed by atoms with Gasteiger partial charge >= 0.3 is 0 Å². The number of imide groups is 1. The fourth-order valence-electron chi connectivity index (χ4n) is 5.81. The standard InChI is InChI=1S/C25H32N4O2/c1-2-18-3-6-21(7-4-18)27-11-13-28(14-12-27)22-8-5-19-16-29(17-20(19)15-22)23-9-10-24(30)26-25(23)31/h1,5,8,15,18,21,23H,3-4,6-7,9-14,16-17H2,(H,26,30,31). The van der Waals surface area contributed by atoms with Gasteiger partial charge in [0, 0.05) is 63.3 Å². The Morgan fingerprint density at radius 2 is 1.65 bits per heavy atom. The van der Waals surface area contributed by atoms with Crippen molar-refractivity contribution < 1.29 is 9.59 Å². The van der Waals surface area contributed by atoms with E-state index in [1.54, 1.807) is 0 Å². The quantitative estimate of drug-likeness (QED) is 0.600. The Bertz CT molecular complexity index is 891. The highest BCUT2D eigenvalue weighted by molar-refractivity contribution is 6.00. The summed E-state index contributed by atoms with van der Waals surface area (Å²) in [6.45, 7) is 5.93. The van der Waals surface area contributed by atoms with Crippen LogP contribution in [-0.2, 0) is 22.7 Å². The molecule has 0 radical (unpaired) electrons. The third kappa shape index (κ3) is 4.22. The van der Waals surface area contributed by atoms with Crippen molar-refractivity contribution in [1.29, 1.82) is 0 Å². The fraction of sp³-hybridized carbons (Fsp3) is 0.600. The number of fused-ring (bicyclic) bond motifs is 1. The van der Waals surface area contributed by atoms with E-state index >= 15 is 0 Å². The van der Waals surface area contributed by atoms with E-state index in [1.807, 2.05) is 0 Å². The first-order chi connectivity index (χ1) is 15.1. The molecule has 1 aromatic rings. The predicted octanol–water partition coefficient (Wildman–Crippen LogP) is 2.12. The molecule has 4 aliphatic rings. The van der Waals surface area contributed by atoms with Crippen LogP contribution in [0.1, 0.15) is 49.7 Å². The number of amides is 2. The molecular formula is C25H32N4O2.